The maximum Gasteiger partial charge on any atom is 0.0809 e. The van der Waals surface area contributed by atoms with Crippen LogP contribution in [0.2, 0.25) is 25.1 Å². The molecule has 1 aromatic rings. The molecule has 0 saturated heterocycles. The van der Waals surface area contributed by atoms with E-state index in [0.29, 0.717) is 5.56 Å². The van der Waals surface area contributed by atoms with Crippen molar-refractivity contribution in [2.75, 3.05) is 0 Å². The lowest BCUT2D eigenvalue weighted by molar-refractivity contribution is 1.26. The predicted molar refractivity (Wildman–Crippen MR) is 63.3 cm³/mol. The van der Waals surface area contributed by atoms with E-state index in [1.165, 1.54) is 6.21 Å². The second-order valence-electron chi connectivity index (χ2n) is 2.26. The molecule has 0 aliphatic carbocycles. The van der Waals surface area contributed by atoms with Crippen LogP contribution in [-0.2, 0) is 0 Å². The summed E-state index contributed by atoms with van der Waals surface area (Å²) >= 11 is 29.0. The summed E-state index contributed by atoms with van der Waals surface area (Å²) in [6, 6.07) is 0. The number of rotatable bonds is 1. The molecule has 0 radical (unpaired) electrons. The Morgan fingerprint density at radius 2 is 1.14 bits per heavy atom. The molecule has 0 amide bonds. The van der Waals surface area contributed by atoms with E-state index < -0.39 is 0 Å². The Bertz CT molecular complexity index is 373. The normalized spacial score (nSPS) is 11.2. The Balaban J connectivity index is 3.59. The van der Waals surface area contributed by atoms with Gasteiger partial charge >= 0.3 is 0 Å². The molecule has 1 aromatic carbocycles. The smallest absolute Gasteiger partial charge is 0.0809 e. The van der Waals surface area contributed by atoms with Gasteiger partial charge in [-0.05, 0) is 0 Å². The first-order valence-electron chi connectivity index (χ1n) is 3.25. The van der Waals surface area contributed by atoms with Crippen LogP contribution in [-0.4, -0.2) is 6.21 Å². The van der Waals surface area contributed by atoms with Crippen molar-refractivity contribution in [2.24, 2.45) is 10.9 Å². The summed E-state index contributed by atoms with van der Waals surface area (Å²) in [7, 11) is 0. The molecular weight excluding hydrogens is 289 g/mol. The summed E-state index contributed by atoms with van der Waals surface area (Å²) in [4.78, 5) is 0. The highest BCUT2D eigenvalue weighted by Crippen LogP contribution is 2.43. The van der Waals surface area contributed by atoms with E-state index in [2.05, 4.69) is 5.10 Å². The van der Waals surface area contributed by atoms with Gasteiger partial charge in [0.25, 0.3) is 0 Å². The molecule has 0 bridgehead atoms. The summed E-state index contributed by atoms with van der Waals surface area (Å²) < 4.78 is 0. The van der Waals surface area contributed by atoms with Gasteiger partial charge in [-0.25, -0.2) is 0 Å². The highest BCUT2D eigenvalue weighted by Gasteiger charge is 2.17. The number of hydrogen-bond donors (Lipinski definition) is 1. The Hall–Kier alpha value is 0.140. The Morgan fingerprint density at radius 1 is 0.786 bits per heavy atom. The van der Waals surface area contributed by atoms with Gasteiger partial charge in [0, 0.05) is 5.56 Å². The molecule has 0 fully saturated rings. The molecule has 0 atom stereocenters. The molecule has 1 rings (SSSR count). The quantitative estimate of drug-likeness (QED) is 0.271. The molecule has 0 aromatic heterocycles. The van der Waals surface area contributed by atoms with Crippen molar-refractivity contribution in [2.45, 2.75) is 0 Å². The van der Waals surface area contributed by atoms with Gasteiger partial charge in [0.05, 0.1) is 31.3 Å². The van der Waals surface area contributed by atoms with Crippen molar-refractivity contribution in [3.8, 4) is 0 Å². The lowest BCUT2D eigenvalue weighted by Gasteiger charge is -2.08. The van der Waals surface area contributed by atoms with Crippen LogP contribution in [0.3, 0.4) is 0 Å². The first-order chi connectivity index (χ1) is 6.50. The molecule has 0 heterocycles. The number of hydrogen-bond acceptors (Lipinski definition) is 2. The minimum atomic E-state index is 0.109. The van der Waals surface area contributed by atoms with E-state index in [0.717, 1.165) is 0 Å². The average molecular weight is 292 g/mol. The number of nitrogens with zero attached hydrogens (tertiary/aromatic N) is 1. The van der Waals surface area contributed by atoms with Gasteiger partial charge in [0.15, 0.2) is 0 Å². The monoisotopic (exact) mass is 290 g/mol. The lowest BCUT2D eigenvalue weighted by Crippen LogP contribution is -1.92. The number of nitrogens with two attached hydrogens (primary N) is 1. The minimum Gasteiger partial charge on any atom is -0.323 e. The Kier molecular flexibility index (Phi) is 4.16. The molecule has 0 spiro atoms. The fraction of sp³-hybridized carbons (Fsp3) is 0. The molecule has 2 N–H and O–H groups in total. The van der Waals surface area contributed by atoms with E-state index in [4.69, 9.17) is 63.8 Å². The van der Waals surface area contributed by atoms with E-state index >= 15 is 0 Å². The third-order valence-corrected chi connectivity index (χ3v) is 3.75. The Labute approximate surface area is 106 Å². The topological polar surface area (TPSA) is 38.4 Å². The third-order valence-electron chi connectivity index (χ3n) is 1.45. The van der Waals surface area contributed by atoms with Gasteiger partial charge in [-0.3, -0.25) is 0 Å². The molecule has 0 saturated carbocycles. The molecule has 0 unspecified atom stereocenters. The zero-order chi connectivity index (χ0) is 10.9. The van der Waals surface area contributed by atoms with Crippen molar-refractivity contribution in [1.82, 2.24) is 0 Å². The predicted octanol–water partition coefficient (Wildman–Crippen LogP) is 4.25. The lowest BCUT2D eigenvalue weighted by atomic mass is 10.2. The van der Waals surface area contributed by atoms with Crippen LogP contribution in [0.5, 0.6) is 0 Å². The first-order valence-corrected chi connectivity index (χ1v) is 5.14. The van der Waals surface area contributed by atoms with Gasteiger partial charge in [-0.1, -0.05) is 58.0 Å². The van der Waals surface area contributed by atoms with Crippen molar-refractivity contribution in [3.05, 3.63) is 30.7 Å². The summed E-state index contributed by atoms with van der Waals surface area (Å²) in [6.07, 6.45) is 1.25. The SMILES string of the molecule is NN=Cc1c(Cl)c(Cl)c(Cl)c(Cl)c1Cl. The highest BCUT2D eigenvalue weighted by molar-refractivity contribution is 6.56. The molecule has 0 aliphatic rings. The standard InChI is InChI=1S/C7H3Cl5N2/c8-3-2(1-14-13)4(9)6(11)7(12)5(3)10/h1H,13H2. The van der Waals surface area contributed by atoms with Crippen LogP contribution in [0.4, 0.5) is 0 Å². The van der Waals surface area contributed by atoms with E-state index in [1.807, 2.05) is 0 Å². The summed E-state index contributed by atoms with van der Waals surface area (Å²) in [5, 5.41) is 3.97. The largest absolute Gasteiger partial charge is 0.323 e. The average Bonchev–Trinajstić information content (AvgIpc) is 2.19. The van der Waals surface area contributed by atoms with Crippen molar-refractivity contribution >= 4 is 64.2 Å². The van der Waals surface area contributed by atoms with Gasteiger partial charge in [0.2, 0.25) is 0 Å². The fourth-order valence-electron chi connectivity index (χ4n) is 0.810. The highest BCUT2D eigenvalue weighted by atomic mass is 35.5. The molecule has 76 valence electrons. The first kappa shape index (κ1) is 12.2. The van der Waals surface area contributed by atoms with Gasteiger partial charge in [-0.2, -0.15) is 5.10 Å². The van der Waals surface area contributed by atoms with Gasteiger partial charge < -0.3 is 5.84 Å². The Morgan fingerprint density at radius 3 is 1.50 bits per heavy atom. The van der Waals surface area contributed by atoms with Crippen LogP contribution in [0.1, 0.15) is 5.56 Å². The zero-order valence-corrected chi connectivity index (χ0v) is 10.3. The summed E-state index contributed by atoms with van der Waals surface area (Å²) in [5.74, 6) is 4.97. The minimum absolute atomic E-state index is 0.109. The van der Waals surface area contributed by atoms with Gasteiger partial charge in [-0.15, -0.1) is 0 Å². The van der Waals surface area contributed by atoms with Crippen LogP contribution in [0.25, 0.3) is 0 Å². The van der Waals surface area contributed by atoms with Gasteiger partial charge in [0.1, 0.15) is 0 Å². The molecule has 0 aliphatic heterocycles. The maximum absolute atomic E-state index is 5.85. The molecule has 14 heavy (non-hydrogen) atoms. The van der Waals surface area contributed by atoms with Crippen LogP contribution in [0.15, 0.2) is 5.10 Å². The summed E-state index contributed by atoms with van der Waals surface area (Å²) in [5.41, 5.74) is 0.343. The van der Waals surface area contributed by atoms with Crippen LogP contribution >= 0.6 is 58.0 Å². The second kappa shape index (κ2) is 4.77. The summed E-state index contributed by atoms with van der Waals surface area (Å²) in [6.45, 7) is 0. The van der Waals surface area contributed by atoms with Crippen molar-refractivity contribution < 1.29 is 0 Å². The maximum atomic E-state index is 5.85. The second-order valence-corrected chi connectivity index (χ2v) is 4.15. The fourth-order valence-corrected chi connectivity index (χ4v) is 2.06. The number of halogens is 5. The van der Waals surface area contributed by atoms with Crippen molar-refractivity contribution in [3.63, 3.8) is 0 Å². The van der Waals surface area contributed by atoms with Crippen molar-refractivity contribution in [1.29, 1.82) is 0 Å². The third kappa shape index (κ3) is 2.05. The molecule has 7 heteroatoms. The zero-order valence-electron chi connectivity index (χ0n) is 6.49. The molecule has 2 nitrogen and oxygen atoms in total. The van der Waals surface area contributed by atoms with E-state index in [1.54, 1.807) is 0 Å². The van der Waals surface area contributed by atoms with Crippen LogP contribution in [0, 0.1) is 0 Å². The number of benzene rings is 1. The van der Waals surface area contributed by atoms with E-state index in [9.17, 15) is 0 Å². The molecular formula is C7H3Cl5N2. The van der Waals surface area contributed by atoms with E-state index in [-0.39, 0.29) is 25.1 Å². The number of hydrazone groups is 1. The van der Waals surface area contributed by atoms with Crippen LogP contribution < -0.4 is 5.84 Å².